The molecule has 0 aromatic heterocycles. The summed E-state index contributed by atoms with van der Waals surface area (Å²) in [4.78, 5) is 12.5. The van der Waals surface area contributed by atoms with Crippen molar-refractivity contribution in [1.29, 1.82) is 0 Å². The Kier molecular flexibility index (Phi) is 4.79. The van der Waals surface area contributed by atoms with Crippen LogP contribution in [0.3, 0.4) is 0 Å². The van der Waals surface area contributed by atoms with Crippen molar-refractivity contribution in [3.8, 4) is 0 Å². The molecule has 8 heteroatoms. The number of nitrogens with zero attached hydrogens (tertiary/aromatic N) is 2. The highest BCUT2D eigenvalue weighted by Crippen LogP contribution is 2.42. The lowest BCUT2D eigenvalue weighted by molar-refractivity contribution is -0.303. The molecule has 27 heavy (non-hydrogen) atoms. The molecular weight excluding hydrogens is 361 g/mol. The van der Waals surface area contributed by atoms with E-state index in [0.29, 0.717) is 5.56 Å². The Morgan fingerprint density at radius 3 is 2.30 bits per heavy atom. The van der Waals surface area contributed by atoms with E-state index in [9.17, 15) is 28.2 Å². The first-order chi connectivity index (χ1) is 12.6. The lowest BCUT2D eigenvalue weighted by atomic mass is 9.99. The molecule has 0 spiro atoms. The molecule has 5 nitrogen and oxygen atoms in total. The van der Waals surface area contributed by atoms with Gasteiger partial charge in [0.2, 0.25) is 0 Å². The van der Waals surface area contributed by atoms with Crippen LogP contribution in [0.5, 0.6) is 0 Å². The number of hydrogen-bond donors (Lipinski definition) is 2. The maximum Gasteiger partial charge on any atom is 0.438 e. The van der Waals surface area contributed by atoms with E-state index in [2.05, 4.69) is 5.10 Å². The standard InChI is InChI=1S/C19H17F3N2O3/c1-12-7-9-13(10-8-12)15-11-18(27,19(20,21)22)24(23-15)17(26)16(25)14-5-3-2-4-6-14/h2-10,16,25,27H,11H2,1H3. The van der Waals surface area contributed by atoms with Crippen molar-refractivity contribution < 1.29 is 28.2 Å². The summed E-state index contributed by atoms with van der Waals surface area (Å²) in [5.74, 6) is -1.36. The average molecular weight is 378 g/mol. The van der Waals surface area contributed by atoms with Crippen molar-refractivity contribution in [3.05, 3.63) is 71.3 Å². The normalized spacial score (nSPS) is 21.1. The molecule has 0 aliphatic carbocycles. The average Bonchev–Trinajstić information content (AvgIpc) is 3.00. The van der Waals surface area contributed by atoms with Gasteiger partial charge in [-0.2, -0.15) is 23.3 Å². The van der Waals surface area contributed by atoms with Crippen molar-refractivity contribution in [2.24, 2.45) is 5.10 Å². The number of benzene rings is 2. The van der Waals surface area contributed by atoms with E-state index in [0.717, 1.165) is 5.56 Å². The van der Waals surface area contributed by atoms with Gasteiger partial charge in [-0.25, -0.2) is 0 Å². The highest BCUT2D eigenvalue weighted by atomic mass is 19.4. The van der Waals surface area contributed by atoms with Gasteiger partial charge in [-0.3, -0.25) is 4.79 Å². The summed E-state index contributed by atoms with van der Waals surface area (Å²) in [6, 6.07) is 14.0. The molecule has 142 valence electrons. The first-order valence-electron chi connectivity index (χ1n) is 8.14. The molecule has 0 radical (unpaired) electrons. The molecule has 1 aliphatic heterocycles. The van der Waals surface area contributed by atoms with Crippen LogP contribution in [0.15, 0.2) is 59.7 Å². The van der Waals surface area contributed by atoms with Crippen LogP contribution in [0, 0.1) is 6.92 Å². The first kappa shape index (κ1) is 19.1. The van der Waals surface area contributed by atoms with Gasteiger partial charge in [-0.15, -0.1) is 0 Å². The smallest absolute Gasteiger partial charge is 0.378 e. The van der Waals surface area contributed by atoms with Crippen molar-refractivity contribution in [2.75, 3.05) is 0 Å². The maximum atomic E-state index is 13.6. The number of aliphatic hydroxyl groups is 2. The van der Waals surface area contributed by atoms with Crippen molar-refractivity contribution in [3.63, 3.8) is 0 Å². The Hall–Kier alpha value is -2.71. The molecular formula is C19H17F3N2O3. The third-order valence-corrected chi connectivity index (χ3v) is 4.38. The van der Waals surface area contributed by atoms with Gasteiger partial charge >= 0.3 is 6.18 Å². The third-order valence-electron chi connectivity index (χ3n) is 4.38. The van der Waals surface area contributed by atoms with E-state index in [4.69, 9.17) is 0 Å². The summed E-state index contributed by atoms with van der Waals surface area (Å²) in [5.41, 5.74) is -2.27. The van der Waals surface area contributed by atoms with Crippen LogP contribution in [-0.4, -0.2) is 38.7 Å². The number of halogens is 3. The van der Waals surface area contributed by atoms with E-state index in [-0.39, 0.29) is 16.3 Å². The largest absolute Gasteiger partial charge is 0.438 e. The zero-order valence-corrected chi connectivity index (χ0v) is 14.3. The minimum Gasteiger partial charge on any atom is -0.378 e. The zero-order chi connectivity index (χ0) is 19.8. The van der Waals surface area contributed by atoms with E-state index in [1.807, 2.05) is 6.92 Å². The van der Waals surface area contributed by atoms with E-state index in [1.165, 1.54) is 24.3 Å². The van der Waals surface area contributed by atoms with Gasteiger partial charge in [0, 0.05) is 0 Å². The van der Waals surface area contributed by atoms with Gasteiger partial charge in [0.25, 0.3) is 11.6 Å². The van der Waals surface area contributed by atoms with Crippen LogP contribution in [0.1, 0.15) is 29.2 Å². The summed E-state index contributed by atoms with van der Waals surface area (Å²) >= 11 is 0. The summed E-state index contributed by atoms with van der Waals surface area (Å²) in [5, 5.41) is 24.2. The Bertz CT molecular complexity index is 866. The zero-order valence-electron chi connectivity index (χ0n) is 14.3. The van der Waals surface area contributed by atoms with Crippen molar-refractivity contribution in [1.82, 2.24) is 5.01 Å². The topological polar surface area (TPSA) is 73.1 Å². The molecule has 0 saturated heterocycles. The second kappa shape index (κ2) is 6.79. The predicted octanol–water partition coefficient (Wildman–Crippen LogP) is 2.92. The summed E-state index contributed by atoms with van der Waals surface area (Å²) in [7, 11) is 0. The summed E-state index contributed by atoms with van der Waals surface area (Å²) < 4.78 is 40.7. The van der Waals surface area contributed by atoms with Crippen LogP contribution >= 0.6 is 0 Å². The highest BCUT2D eigenvalue weighted by Gasteiger charge is 2.63. The fraction of sp³-hybridized carbons (Fsp3) is 0.263. The fourth-order valence-corrected chi connectivity index (χ4v) is 2.80. The van der Waals surface area contributed by atoms with Crippen molar-refractivity contribution >= 4 is 11.6 Å². The summed E-state index contributed by atoms with van der Waals surface area (Å²) in [6.07, 6.45) is -7.97. The van der Waals surface area contributed by atoms with E-state index in [1.54, 1.807) is 30.3 Å². The van der Waals surface area contributed by atoms with Crippen molar-refractivity contribution in [2.45, 2.75) is 31.3 Å². The molecule has 2 unspecified atom stereocenters. The molecule has 1 aliphatic rings. The van der Waals surface area contributed by atoms with E-state index >= 15 is 0 Å². The highest BCUT2D eigenvalue weighted by molar-refractivity contribution is 6.03. The lowest BCUT2D eigenvalue weighted by Gasteiger charge is -2.33. The molecule has 2 aromatic rings. The third kappa shape index (κ3) is 3.45. The van der Waals surface area contributed by atoms with Gasteiger partial charge < -0.3 is 10.2 Å². The van der Waals surface area contributed by atoms with Crippen LogP contribution in [0.4, 0.5) is 13.2 Å². The Balaban J connectivity index is 2.00. The van der Waals surface area contributed by atoms with Gasteiger partial charge in [0.1, 0.15) is 0 Å². The molecule has 1 heterocycles. The Labute approximate surface area is 153 Å². The number of rotatable bonds is 3. The number of hydrazone groups is 1. The van der Waals surface area contributed by atoms with E-state index < -0.39 is 30.3 Å². The minimum atomic E-state index is -5.16. The molecule has 2 N–H and O–H groups in total. The number of aliphatic hydroxyl groups excluding tert-OH is 1. The summed E-state index contributed by atoms with van der Waals surface area (Å²) in [6.45, 7) is 1.82. The van der Waals surface area contributed by atoms with Crippen LogP contribution in [-0.2, 0) is 4.79 Å². The molecule has 1 amide bonds. The Morgan fingerprint density at radius 2 is 1.74 bits per heavy atom. The number of aryl methyl sites for hydroxylation is 1. The molecule has 2 atom stereocenters. The van der Waals surface area contributed by atoms with Gasteiger partial charge in [-0.05, 0) is 18.1 Å². The van der Waals surface area contributed by atoms with Gasteiger partial charge in [0.05, 0.1) is 12.1 Å². The quantitative estimate of drug-likeness (QED) is 0.863. The second-order valence-electron chi connectivity index (χ2n) is 6.37. The fourth-order valence-electron chi connectivity index (χ4n) is 2.80. The number of amides is 1. The van der Waals surface area contributed by atoms with Crippen LogP contribution in [0.2, 0.25) is 0 Å². The molecule has 0 fully saturated rings. The van der Waals surface area contributed by atoms with Gasteiger partial charge in [0.15, 0.2) is 6.10 Å². The van der Waals surface area contributed by atoms with Crippen LogP contribution < -0.4 is 0 Å². The molecule has 0 saturated carbocycles. The second-order valence-corrected chi connectivity index (χ2v) is 6.37. The molecule has 0 bridgehead atoms. The number of carbonyl (C=O) groups excluding carboxylic acids is 1. The number of carbonyl (C=O) groups is 1. The molecule has 2 aromatic carbocycles. The lowest BCUT2D eigenvalue weighted by Crippen LogP contribution is -2.57. The number of alkyl halides is 3. The number of hydrogen-bond acceptors (Lipinski definition) is 4. The first-order valence-corrected chi connectivity index (χ1v) is 8.14. The Morgan fingerprint density at radius 1 is 1.15 bits per heavy atom. The predicted molar refractivity (Wildman–Crippen MR) is 91.6 cm³/mol. The minimum absolute atomic E-state index is 0.0557. The van der Waals surface area contributed by atoms with Gasteiger partial charge in [-0.1, -0.05) is 60.2 Å². The molecule has 3 rings (SSSR count). The van der Waals surface area contributed by atoms with Crippen LogP contribution in [0.25, 0.3) is 0 Å². The maximum absolute atomic E-state index is 13.6. The monoisotopic (exact) mass is 378 g/mol. The SMILES string of the molecule is Cc1ccc(C2=NN(C(=O)C(O)c3ccccc3)C(O)(C(F)(F)F)C2)cc1.